The first kappa shape index (κ1) is 20.2. The monoisotopic (exact) mass is 418 g/mol. The molecule has 2 heterocycles. The van der Waals surface area contributed by atoms with Crippen LogP contribution in [-0.2, 0) is 4.74 Å². The van der Waals surface area contributed by atoms with Crippen LogP contribution < -0.4 is 0 Å². The van der Waals surface area contributed by atoms with Gasteiger partial charge in [-0.2, -0.15) is 0 Å². The van der Waals surface area contributed by atoms with Crippen LogP contribution in [0.15, 0.2) is 35.7 Å². The minimum atomic E-state index is -0.429. The summed E-state index contributed by atoms with van der Waals surface area (Å²) in [5.41, 5.74) is 2.84. The molecule has 3 aromatic rings. The second-order valence-electron chi connectivity index (χ2n) is 6.02. The number of carbonyl (C=O) groups excluding carboxylic acids is 2. The highest BCUT2D eigenvalue weighted by Gasteiger charge is 2.23. The Labute approximate surface area is 171 Å². The minimum Gasteiger partial charge on any atom is -0.462 e. The Hall–Kier alpha value is -2.58. The molecule has 9 heteroatoms. The predicted octanol–water partition coefficient (Wildman–Crippen LogP) is 4.02. The van der Waals surface area contributed by atoms with Gasteiger partial charge in [-0.15, -0.1) is 10.2 Å². The Morgan fingerprint density at radius 1 is 1.32 bits per heavy atom. The molecule has 3 rings (SSSR count). The van der Waals surface area contributed by atoms with Gasteiger partial charge in [-0.3, -0.25) is 9.36 Å². The number of halogens is 1. The number of hydrogen-bond donors (Lipinski definition) is 1. The fourth-order valence-corrected chi connectivity index (χ4v) is 3.85. The van der Waals surface area contributed by atoms with Crippen molar-refractivity contribution >= 4 is 35.1 Å². The molecule has 0 unspecified atom stereocenters. The van der Waals surface area contributed by atoms with Gasteiger partial charge in [0.2, 0.25) is 0 Å². The fourth-order valence-electron chi connectivity index (χ4n) is 2.87. The molecular weight excluding hydrogens is 400 g/mol. The van der Waals surface area contributed by atoms with E-state index in [0.29, 0.717) is 32.7 Å². The standard InChI is InChI=1S/C19H19ClN4O3S/c1-4-27-18(26)16-11(2)17(22-12(16)3)15(25)9-28-19-23-21-10-24(19)14-7-5-6-13(20)8-14/h5-8,10,22H,4,9H2,1-3H3. The lowest BCUT2D eigenvalue weighted by Crippen LogP contribution is -2.09. The summed E-state index contributed by atoms with van der Waals surface area (Å²) in [6, 6.07) is 7.29. The molecule has 0 amide bonds. The highest BCUT2D eigenvalue weighted by molar-refractivity contribution is 7.99. The number of nitrogens with zero attached hydrogens (tertiary/aromatic N) is 3. The number of esters is 1. The number of aryl methyl sites for hydroxylation is 1. The lowest BCUT2D eigenvalue weighted by Gasteiger charge is -2.06. The first-order valence-electron chi connectivity index (χ1n) is 8.60. The number of carbonyl (C=O) groups is 2. The summed E-state index contributed by atoms with van der Waals surface area (Å²) in [5, 5.41) is 9.18. The van der Waals surface area contributed by atoms with Gasteiger partial charge in [0.1, 0.15) is 6.33 Å². The minimum absolute atomic E-state index is 0.137. The smallest absolute Gasteiger partial charge is 0.340 e. The van der Waals surface area contributed by atoms with Crippen LogP contribution >= 0.6 is 23.4 Å². The molecule has 7 nitrogen and oxygen atoms in total. The van der Waals surface area contributed by atoms with Crippen molar-refractivity contribution in [3.05, 3.63) is 58.1 Å². The van der Waals surface area contributed by atoms with Gasteiger partial charge in [0.15, 0.2) is 10.9 Å². The molecule has 0 aliphatic rings. The van der Waals surface area contributed by atoms with Gasteiger partial charge >= 0.3 is 5.97 Å². The Kier molecular flexibility index (Phi) is 6.21. The van der Waals surface area contributed by atoms with Gasteiger partial charge in [-0.05, 0) is 44.5 Å². The van der Waals surface area contributed by atoms with Crippen LogP contribution in [0.25, 0.3) is 5.69 Å². The van der Waals surface area contributed by atoms with Crippen molar-refractivity contribution in [3.63, 3.8) is 0 Å². The molecule has 0 spiro atoms. The van der Waals surface area contributed by atoms with Crippen molar-refractivity contribution in [1.29, 1.82) is 0 Å². The molecule has 0 bridgehead atoms. The van der Waals surface area contributed by atoms with Crippen molar-refractivity contribution in [1.82, 2.24) is 19.7 Å². The van der Waals surface area contributed by atoms with E-state index in [1.54, 1.807) is 43.8 Å². The molecule has 0 aliphatic heterocycles. The van der Waals surface area contributed by atoms with Crippen LogP contribution in [0.5, 0.6) is 0 Å². The molecule has 1 N–H and O–H groups in total. The van der Waals surface area contributed by atoms with Crippen LogP contribution in [0.4, 0.5) is 0 Å². The van der Waals surface area contributed by atoms with Crippen LogP contribution in [-0.4, -0.2) is 43.9 Å². The maximum absolute atomic E-state index is 12.7. The number of Topliss-reactive ketones (excluding diaryl/α,β-unsaturated/α-hetero) is 1. The zero-order valence-corrected chi connectivity index (χ0v) is 17.2. The van der Waals surface area contributed by atoms with Gasteiger partial charge in [0.25, 0.3) is 0 Å². The highest BCUT2D eigenvalue weighted by atomic mass is 35.5. The summed E-state index contributed by atoms with van der Waals surface area (Å²) < 4.78 is 6.83. The van der Waals surface area contributed by atoms with Crippen LogP contribution in [0.1, 0.15) is 39.0 Å². The van der Waals surface area contributed by atoms with E-state index in [2.05, 4.69) is 15.2 Å². The summed E-state index contributed by atoms with van der Waals surface area (Å²) in [4.78, 5) is 27.8. The zero-order chi connectivity index (χ0) is 20.3. The van der Waals surface area contributed by atoms with E-state index in [4.69, 9.17) is 16.3 Å². The van der Waals surface area contributed by atoms with Crippen molar-refractivity contribution in [2.75, 3.05) is 12.4 Å². The largest absolute Gasteiger partial charge is 0.462 e. The van der Waals surface area contributed by atoms with E-state index in [1.807, 2.05) is 12.1 Å². The van der Waals surface area contributed by atoms with Crippen molar-refractivity contribution in [2.24, 2.45) is 0 Å². The van der Waals surface area contributed by atoms with E-state index in [0.717, 1.165) is 5.69 Å². The number of ketones is 1. The number of aromatic nitrogens is 4. The maximum Gasteiger partial charge on any atom is 0.340 e. The normalized spacial score (nSPS) is 10.9. The van der Waals surface area contributed by atoms with Gasteiger partial charge in [0.05, 0.1) is 29.3 Å². The van der Waals surface area contributed by atoms with E-state index >= 15 is 0 Å². The Balaban J connectivity index is 1.77. The number of benzene rings is 1. The predicted molar refractivity (Wildman–Crippen MR) is 108 cm³/mol. The van der Waals surface area contributed by atoms with E-state index < -0.39 is 5.97 Å². The maximum atomic E-state index is 12.7. The van der Waals surface area contributed by atoms with Crippen LogP contribution in [0.3, 0.4) is 0 Å². The number of H-pyrrole nitrogens is 1. The fraction of sp³-hybridized carbons (Fsp3) is 0.263. The Bertz CT molecular complexity index is 1030. The summed E-state index contributed by atoms with van der Waals surface area (Å²) in [6.45, 7) is 5.51. The molecule has 0 saturated carbocycles. The number of aromatic amines is 1. The van der Waals surface area contributed by atoms with Crippen molar-refractivity contribution in [3.8, 4) is 5.69 Å². The lowest BCUT2D eigenvalue weighted by molar-refractivity contribution is 0.0525. The van der Waals surface area contributed by atoms with Crippen molar-refractivity contribution in [2.45, 2.75) is 25.9 Å². The summed E-state index contributed by atoms with van der Waals surface area (Å²) >= 11 is 7.31. The molecule has 1 aromatic carbocycles. The van der Waals surface area contributed by atoms with Crippen LogP contribution in [0, 0.1) is 13.8 Å². The summed E-state index contributed by atoms with van der Waals surface area (Å²) in [6.07, 6.45) is 1.57. The first-order chi connectivity index (χ1) is 13.4. The van der Waals surface area contributed by atoms with Gasteiger partial charge in [0, 0.05) is 10.7 Å². The number of hydrogen-bond acceptors (Lipinski definition) is 6. The second kappa shape index (κ2) is 8.62. The molecular formula is C19H19ClN4O3S. The molecule has 0 aliphatic carbocycles. The summed E-state index contributed by atoms with van der Waals surface area (Å²) in [7, 11) is 0. The van der Waals surface area contributed by atoms with Crippen molar-refractivity contribution < 1.29 is 14.3 Å². The average Bonchev–Trinajstić information content (AvgIpc) is 3.24. The first-order valence-corrected chi connectivity index (χ1v) is 9.97. The Morgan fingerprint density at radius 2 is 2.11 bits per heavy atom. The van der Waals surface area contributed by atoms with E-state index in [9.17, 15) is 9.59 Å². The molecule has 2 aromatic heterocycles. The van der Waals surface area contributed by atoms with Crippen LogP contribution in [0.2, 0.25) is 5.02 Å². The SMILES string of the molecule is CCOC(=O)c1c(C)[nH]c(C(=O)CSc2nncn2-c2cccc(Cl)c2)c1C. The van der Waals surface area contributed by atoms with E-state index in [1.165, 1.54) is 11.8 Å². The van der Waals surface area contributed by atoms with E-state index in [-0.39, 0.29) is 18.1 Å². The number of rotatable bonds is 7. The highest BCUT2D eigenvalue weighted by Crippen LogP contribution is 2.24. The third-order valence-corrected chi connectivity index (χ3v) is 5.31. The third-order valence-electron chi connectivity index (χ3n) is 4.13. The number of ether oxygens (including phenoxy) is 1. The number of thioether (sulfide) groups is 1. The lowest BCUT2D eigenvalue weighted by atomic mass is 10.1. The summed E-state index contributed by atoms with van der Waals surface area (Å²) in [5.74, 6) is -0.426. The molecule has 146 valence electrons. The third kappa shape index (κ3) is 4.13. The quantitative estimate of drug-likeness (QED) is 0.354. The molecule has 0 atom stereocenters. The second-order valence-corrected chi connectivity index (χ2v) is 7.40. The molecule has 0 fully saturated rings. The number of nitrogens with one attached hydrogen (secondary N) is 1. The van der Waals surface area contributed by atoms with Gasteiger partial charge in [-0.25, -0.2) is 4.79 Å². The average molecular weight is 419 g/mol. The Morgan fingerprint density at radius 3 is 2.82 bits per heavy atom. The van der Waals surface area contributed by atoms with Gasteiger partial charge < -0.3 is 9.72 Å². The zero-order valence-electron chi connectivity index (χ0n) is 15.7. The topological polar surface area (TPSA) is 89.9 Å². The molecule has 28 heavy (non-hydrogen) atoms. The molecule has 0 radical (unpaired) electrons. The van der Waals surface area contributed by atoms with Gasteiger partial charge in [-0.1, -0.05) is 29.4 Å². The molecule has 0 saturated heterocycles.